The SMILES string of the molecule is O=C(c1ccnc(Cl)c1)N1CCN(Cc2ccccn2)CC1. The highest BCUT2D eigenvalue weighted by Crippen LogP contribution is 2.13. The van der Waals surface area contributed by atoms with Crippen molar-refractivity contribution >= 4 is 17.5 Å². The second kappa shape index (κ2) is 6.85. The zero-order valence-electron chi connectivity index (χ0n) is 12.2. The lowest BCUT2D eigenvalue weighted by molar-refractivity contribution is 0.0627. The maximum Gasteiger partial charge on any atom is 0.254 e. The number of hydrogen-bond acceptors (Lipinski definition) is 4. The normalized spacial score (nSPS) is 15.8. The Kier molecular flexibility index (Phi) is 4.65. The van der Waals surface area contributed by atoms with Crippen LogP contribution in [0.15, 0.2) is 42.7 Å². The Morgan fingerprint density at radius 3 is 2.59 bits per heavy atom. The fraction of sp³-hybridized carbons (Fsp3) is 0.312. The number of carbonyl (C=O) groups is 1. The van der Waals surface area contributed by atoms with Crippen molar-refractivity contribution in [2.45, 2.75) is 6.54 Å². The van der Waals surface area contributed by atoms with Crippen molar-refractivity contribution in [3.05, 3.63) is 59.1 Å². The molecule has 2 aromatic heterocycles. The van der Waals surface area contributed by atoms with Crippen molar-refractivity contribution in [1.29, 1.82) is 0 Å². The molecule has 1 amide bonds. The molecule has 114 valence electrons. The first-order valence-corrected chi connectivity index (χ1v) is 7.63. The predicted molar refractivity (Wildman–Crippen MR) is 84.7 cm³/mol. The summed E-state index contributed by atoms with van der Waals surface area (Å²) in [5.41, 5.74) is 1.65. The highest BCUT2D eigenvalue weighted by atomic mass is 35.5. The van der Waals surface area contributed by atoms with Crippen molar-refractivity contribution in [2.24, 2.45) is 0 Å². The molecule has 6 heteroatoms. The number of aromatic nitrogens is 2. The molecule has 0 atom stereocenters. The molecular formula is C16H17ClN4O. The standard InChI is InChI=1S/C16H17ClN4O/c17-15-11-13(4-6-19-15)16(22)21-9-7-20(8-10-21)12-14-3-1-2-5-18-14/h1-6,11H,7-10,12H2. The number of pyridine rings is 2. The Balaban J connectivity index is 1.56. The van der Waals surface area contributed by atoms with Crippen molar-refractivity contribution < 1.29 is 4.79 Å². The molecule has 0 bridgehead atoms. The molecule has 0 spiro atoms. The lowest BCUT2D eigenvalue weighted by Crippen LogP contribution is -2.48. The molecule has 1 fully saturated rings. The van der Waals surface area contributed by atoms with E-state index in [0.717, 1.165) is 25.3 Å². The summed E-state index contributed by atoms with van der Waals surface area (Å²) >= 11 is 5.84. The third-order valence-corrected chi connectivity index (χ3v) is 3.95. The number of nitrogens with zero attached hydrogens (tertiary/aromatic N) is 4. The molecular weight excluding hydrogens is 300 g/mol. The summed E-state index contributed by atoms with van der Waals surface area (Å²) < 4.78 is 0. The van der Waals surface area contributed by atoms with E-state index in [4.69, 9.17) is 11.6 Å². The van der Waals surface area contributed by atoms with Gasteiger partial charge in [0.25, 0.3) is 5.91 Å². The summed E-state index contributed by atoms with van der Waals surface area (Å²) in [6, 6.07) is 9.25. The largest absolute Gasteiger partial charge is 0.336 e. The Labute approximate surface area is 134 Å². The maximum absolute atomic E-state index is 12.4. The van der Waals surface area contributed by atoms with Gasteiger partial charge in [-0.05, 0) is 24.3 Å². The van der Waals surface area contributed by atoms with Gasteiger partial charge in [-0.25, -0.2) is 4.98 Å². The molecule has 1 aliphatic rings. The summed E-state index contributed by atoms with van der Waals surface area (Å²) in [6.45, 7) is 3.95. The summed E-state index contributed by atoms with van der Waals surface area (Å²) in [7, 11) is 0. The van der Waals surface area contributed by atoms with Gasteiger partial charge in [-0.3, -0.25) is 14.7 Å². The number of hydrogen-bond donors (Lipinski definition) is 0. The first-order valence-electron chi connectivity index (χ1n) is 7.25. The topological polar surface area (TPSA) is 49.3 Å². The zero-order valence-corrected chi connectivity index (χ0v) is 12.9. The van der Waals surface area contributed by atoms with Crippen LogP contribution in [0.3, 0.4) is 0 Å². The lowest BCUT2D eigenvalue weighted by atomic mass is 10.2. The molecule has 0 N–H and O–H groups in total. The summed E-state index contributed by atoms with van der Waals surface area (Å²) in [6.07, 6.45) is 3.37. The number of carbonyl (C=O) groups excluding carboxylic acids is 1. The van der Waals surface area contributed by atoms with E-state index in [9.17, 15) is 4.79 Å². The van der Waals surface area contributed by atoms with Gasteiger partial charge in [-0.2, -0.15) is 0 Å². The molecule has 2 aromatic rings. The zero-order chi connectivity index (χ0) is 15.4. The van der Waals surface area contributed by atoms with E-state index in [1.807, 2.05) is 29.3 Å². The van der Waals surface area contributed by atoms with Crippen LogP contribution in [0.1, 0.15) is 16.1 Å². The molecule has 0 saturated carbocycles. The van der Waals surface area contributed by atoms with Crippen molar-refractivity contribution in [3.63, 3.8) is 0 Å². The third kappa shape index (κ3) is 3.61. The average Bonchev–Trinajstić information content (AvgIpc) is 2.56. The molecule has 5 nitrogen and oxygen atoms in total. The third-order valence-electron chi connectivity index (χ3n) is 3.74. The number of rotatable bonds is 3. The summed E-state index contributed by atoms with van der Waals surface area (Å²) in [5.74, 6) is 0.0155. The minimum absolute atomic E-state index is 0.0155. The van der Waals surface area contributed by atoms with Crippen LogP contribution in [0, 0.1) is 0 Å². The number of amides is 1. The smallest absolute Gasteiger partial charge is 0.254 e. The Bertz CT molecular complexity index is 642. The monoisotopic (exact) mass is 316 g/mol. The fourth-order valence-electron chi connectivity index (χ4n) is 2.55. The van der Waals surface area contributed by atoms with Gasteiger partial charge in [-0.1, -0.05) is 17.7 Å². The van der Waals surface area contributed by atoms with Crippen LogP contribution >= 0.6 is 11.6 Å². The van der Waals surface area contributed by atoms with Crippen LogP contribution in [-0.4, -0.2) is 51.9 Å². The molecule has 0 aliphatic carbocycles. The van der Waals surface area contributed by atoms with E-state index >= 15 is 0 Å². The Morgan fingerprint density at radius 1 is 1.09 bits per heavy atom. The van der Waals surface area contributed by atoms with Gasteiger partial charge in [0.15, 0.2) is 0 Å². The molecule has 1 aliphatic heterocycles. The minimum Gasteiger partial charge on any atom is -0.336 e. The Morgan fingerprint density at radius 2 is 1.91 bits per heavy atom. The van der Waals surface area contributed by atoms with E-state index < -0.39 is 0 Å². The van der Waals surface area contributed by atoms with E-state index in [-0.39, 0.29) is 5.91 Å². The van der Waals surface area contributed by atoms with Crippen molar-refractivity contribution in [2.75, 3.05) is 26.2 Å². The van der Waals surface area contributed by atoms with Crippen LogP contribution in [0.25, 0.3) is 0 Å². The average molecular weight is 317 g/mol. The van der Waals surface area contributed by atoms with E-state index in [1.165, 1.54) is 0 Å². The first-order chi connectivity index (χ1) is 10.7. The van der Waals surface area contributed by atoms with Gasteiger partial charge in [0.1, 0.15) is 5.15 Å². The van der Waals surface area contributed by atoms with E-state index in [0.29, 0.717) is 23.8 Å². The van der Waals surface area contributed by atoms with Crippen LogP contribution in [-0.2, 0) is 6.54 Å². The molecule has 1 saturated heterocycles. The first kappa shape index (κ1) is 14.9. The number of halogens is 1. The highest BCUT2D eigenvalue weighted by Gasteiger charge is 2.22. The van der Waals surface area contributed by atoms with Gasteiger partial charge < -0.3 is 4.90 Å². The molecule has 3 rings (SSSR count). The Hall–Kier alpha value is -1.98. The van der Waals surface area contributed by atoms with Crippen LogP contribution < -0.4 is 0 Å². The minimum atomic E-state index is 0.0155. The second-order valence-corrected chi connectivity index (χ2v) is 5.64. The molecule has 0 unspecified atom stereocenters. The molecule has 3 heterocycles. The van der Waals surface area contributed by atoms with Crippen LogP contribution in [0.5, 0.6) is 0 Å². The fourth-order valence-corrected chi connectivity index (χ4v) is 2.72. The quantitative estimate of drug-likeness (QED) is 0.814. The van der Waals surface area contributed by atoms with Gasteiger partial charge >= 0.3 is 0 Å². The van der Waals surface area contributed by atoms with Gasteiger partial charge in [-0.15, -0.1) is 0 Å². The summed E-state index contributed by atoms with van der Waals surface area (Å²) in [4.78, 5) is 24.8. The number of piperazine rings is 1. The van der Waals surface area contributed by atoms with Gasteiger partial charge in [0, 0.05) is 50.7 Å². The molecule has 0 aromatic carbocycles. The van der Waals surface area contributed by atoms with Gasteiger partial charge in [0.05, 0.1) is 5.69 Å². The summed E-state index contributed by atoms with van der Waals surface area (Å²) in [5, 5.41) is 0.347. The highest BCUT2D eigenvalue weighted by molar-refractivity contribution is 6.29. The molecule has 0 radical (unpaired) electrons. The van der Waals surface area contributed by atoms with Crippen LogP contribution in [0.2, 0.25) is 5.15 Å². The maximum atomic E-state index is 12.4. The van der Waals surface area contributed by atoms with Gasteiger partial charge in [0.2, 0.25) is 0 Å². The molecule has 22 heavy (non-hydrogen) atoms. The van der Waals surface area contributed by atoms with Crippen LogP contribution in [0.4, 0.5) is 0 Å². The van der Waals surface area contributed by atoms with E-state index in [1.54, 1.807) is 18.3 Å². The van der Waals surface area contributed by atoms with Crippen molar-refractivity contribution in [3.8, 4) is 0 Å². The van der Waals surface area contributed by atoms with E-state index in [2.05, 4.69) is 14.9 Å². The predicted octanol–water partition coefficient (Wildman–Crippen LogP) is 2.09. The van der Waals surface area contributed by atoms with Crippen molar-refractivity contribution in [1.82, 2.24) is 19.8 Å². The second-order valence-electron chi connectivity index (χ2n) is 5.26. The lowest BCUT2D eigenvalue weighted by Gasteiger charge is -2.34.